The van der Waals surface area contributed by atoms with Crippen molar-refractivity contribution >= 4 is 11.3 Å². The molecule has 3 rings (SSSR count). The number of nitrogens with two attached hydrogens (primary N) is 1. The molecule has 0 amide bonds. The van der Waals surface area contributed by atoms with E-state index in [1.807, 2.05) is 11.3 Å². The highest BCUT2D eigenvalue weighted by molar-refractivity contribution is 7.09. The van der Waals surface area contributed by atoms with E-state index in [9.17, 15) is 0 Å². The zero-order valence-corrected chi connectivity index (χ0v) is 11.9. The van der Waals surface area contributed by atoms with Crippen LogP contribution in [0.25, 0.3) is 0 Å². The summed E-state index contributed by atoms with van der Waals surface area (Å²) >= 11 is 1.85. The minimum Gasteiger partial charge on any atom is -0.329 e. The smallest absolute Gasteiger partial charge is 0.0473 e. The Hall–Kier alpha value is -1.16. The molecule has 19 heavy (non-hydrogen) atoms. The Balaban J connectivity index is 1.73. The maximum absolute atomic E-state index is 6.02. The summed E-state index contributed by atoms with van der Waals surface area (Å²) in [7, 11) is 0. The van der Waals surface area contributed by atoms with E-state index in [-0.39, 0.29) is 0 Å². The van der Waals surface area contributed by atoms with Crippen molar-refractivity contribution in [3.05, 3.63) is 57.8 Å². The number of fused-ring (bicyclic) bond motifs is 1. The number of nitrogens with zero attached hydrogens (tertiary/aromatic N) is 1. The lowest BCUT2D eigenvalue weighted by molar-refractivity contribution is 0.192. The van der Waals surface area contributed by atoms with Gasteiger partial charge in [-0.3, -0.25) is 4.90 Å². The molecule has 0 bridgehead atoms. The van der Waals surface area contributed by atoms with Crippen LogP contribution in [0.4, 0.5) is 0 Å². The van der Waals surface area contributed by atoms with Crippen molar-refractivity contribution in [3.63, 3.8) is 0 Å². The fourth-order valence-electron chi connectivity index (χ4n) is 2.96. The van der Waals surface area contributed by atoms with E-state index in [1.165, 1.54) is 16.0 Å². The molecule has 0 saturated carbocycles. The molecule has 1 aromatic carbocycles. The summed E-state index contributed by atoms with van der Waals surface area (Å²) in [6.07, 6.45) is 2.29. The normalized spacial score (nSPS) is 19.3. The molecule has 1 aliphatic heterocycles. The Morgan fingerprint density at radius 3 is 2.89 bits per heavy atom. The second kappa shape index (κ2) is 5.87. The topological polar surface area (TPSA) is 29.3 Å². The van der Waals surface area contributed by atoms with Crippen molar-refractivity contribution in [3.8, 4) is 0 Å². The summed E-state index contributed by atoms with van der Waals surface area (Å²) in [5, 5.41) is 2.15. The second-order valence-electron chi connectivity index (χ2n) is 5.07. The third kappa shape index (κ3) is 2.73. The van der Waals surface area contributed by atoms with Crippen molar-refractivity contribution in [2.24, 2.45) is 5.73 Å². The lowest BCUT2D eigenvalue weighted by Crippen LogP contribution is -2.40. The molecule has 1 aliphatic rings. The van der Waals surface area contributed by atoms with E-state index in [2.05, 4.69) is 46.7 Å². The van der Waals surface area contributed by atoms with Crippen LogP contribution in [0.1, 0.15) is 22.0 Å². The fraction of sp³-hybridized carbons (Fsp3) is 0.375. The van der Waals surface area contributed by atoms with E-state index < -0.39 is 0 Å². The largest absolute Gasteiger partial charge is 0.329 e. The molecule has 0 saturated heterocycles. The van der Waals surface area contributed by atoms with E-state index in [4.69, 9.17) is 5.73 Å². The van der Waals surface area contributed by atoms with Crippen molar-refractivity contribution in [2.45, 2.75) is 18.9 Å². The van der Waals surface area contributed by atoms with Gasteiger partial charge in [0, 0.05) is 30.6 Å². The number of benzene rings is 1. The van der Waals surface area contributed by atoms with E-state index in [1.54, 1.807) is 0 Å². The molecular weight excluding hydrogens is 252 g/mol. The van der Waals surface area contributed by atoms with Gasteiger partial charge in [0.15, 0.2) is 0 Å². The van der Waals surface area contributed by atoms with Gasteiger partial charge in [0.1, 0.15) is 0 Å². The first-order valence-corrected chi connectivity index (χ1v) is 7.81. The van der Waals surface area contributed by atoms with Crippen molar-refractivity contribution in [1.29, 1.82) is 0 Å². The average molecular weight is 272 g/mol. The summed E-state index contributed by atoms with van der Waals surface area (Å²) in [4.78, 5) is 4.01. The minimum absolute atomic E-state index is 0.393. The second-order valence-corrected chi connectivity index (χ2v) is 6.10. The molecule has 1 unspecified atom stereocenters. The highest BCUT2D eigenvalue weighted by Gasteiger charge is 2.25. The van der Waals surface area contributed by atoms with Crippen LogP contribution in [0.3, 0.4) is 0 Å². The summed E-state index contributed by atoms with van der Waals surface area (Å²) in [6, 6.07) is 13.5. The zero-order chi connectivity index (χ0) is 13.1. The van der Waals surface area contributed by atoms with Gasteiger partial charge in [0.2, 0.25) is 0 Å². The van der Waals surface area contributed by atoms with E-state index >= 15 is 0 Å². The molecule has 2 nitrogen and oxygen atoms in total. The van der Waals surface area contributed by atoms with Crippen LogP contribution in [0.5, 0.6) is 0 Å². The zero-order valence-electron chi connectivity index (χ0n) is 11.1. The summed E-state index contributed by atoms with van der Waals surface area (Å²) in [5.41, 5.74) is 8.93. The third-order valence-electron chi connectivity index (χ3n) is 3.97. The number of thiophene rings is 1. The van der Waals surface area contributed by atoms with E-state index in [0.717, 1.165) is 25.9 Å². The maximum Gasteiger partial charge on any atom is 0.0473 e. The van der Waals surface area contributed by atoms with Gasteiger partial charge in [-0.05, 0) is 35.4 Å². The van der Waals surface area contributed by atoms with Crippen molar-refractivity contribution in [1.82, 2.24) is 4.90 Å². The van der Waals surface area contributed by atoms with Crippen LogP contribution < -0.4 is 5.73 Å². The summed E-state index contributed by atoms with van der Waals surface area (Å²) in [6.45, 7) is 2.95. The van der Waals surface area contributed by atoms with E-state index in [0.29, 0.717) is 12.6 Å². The van der Waals surface area contributed by atoms with Gasteiger partial charge in [-0.15, -0.1) is 11.3 Å². The highest BCUT2D eigenvalue weighted by atomic mass is 32.1. The summed E-state index contributed by atoms with van der Waals surface area (Å²) in [5.74, 6) is 0. The molecule has 0 spiro atoms. The summed E-state index contributed by atoms with van der Waals surface area (Å²) < 4.78 is 0. The fourth-order valence-corrected chi connectivity index (χ4v) is 3.65. The van der Waals surface area contributed by atoms with Crippen molar-refractivity contribution in [2.75, 3.05) is 19.6 Å². The first-order valence-electron chi connectivity index (χ1n) is 6.93. The van der Waals surface area contributed by atoms with Crippen LogP contribution in [-0.2, 0) is 12.8 Å². The first-order chi connectivity index (χ1) is 9.38. The standard InChI is InChI=1S/C16H20N2S/c17-12-16-15-6-2-1-4-13(15)7-9-18(16)10-8-14-5-3-11-19-14/h1-6,11,16H,7-10,12,17H2. The third-order valence-corrected chi connectivity index (χ3v) is 4.91. The Bertz CT molecular complexity index is 521. The minimum atomic E-state index is 0.393. The SMILES string of the molecule is NCC1c2ccccc2CCN1CCc1cccs1. The van der Waals surface area contributed by atoms with Gasteiger partial charge < -0.3 is 5.73 Å². The first kappa shape index (κ1) is 12.9. The molecule has 1 atom stereocenters. The Morgan fingerprint density at radius 2 is 2.11 bits per heavy atom. The van der Waals surface area contributed by atoms with Crippen LogP contribution >= 0.6 is 11.3 Å². The van der Waals surface area contributed by atoms with Crippen LogP contribution in [0.15, 0.2) is 41.8 Å². The molecule has 0 radical (unpaired) electrons. The molecule has 100 valence electrons. The number of hydrogen-bond acceptors (Lipinski definition) is 3. The monoisotopic (exact) mass is 272 g/mol. The quantitative estimate of drug-likeness (QED) is 0.927. The van der Waals surface area contributed by atoms with Gasteiger partial charge in [0.25, 0.3) is 0 Å². The van der Waals surface area contributed by atoms with Crippen LogP contribution in [0.2, 0.25) is 0 Å². The average Bonchev–Trinajstić information content (AvgIpc) is 2.97. The molecule has 0 aliphatic carbocycles. The maximum atomic E-state index is 6.02. The molecule has 2 heterocycles. The van der Waals surface area contributed by atoms with Gasteiger partial charge in [-0.1, -0.05) is 30.3 Å². The van der Waals surface area contributed by atoms with Crippen molar-refractivity contribution < 1.29 is 0 Å². The Morgan fingerprint density at radius 1 is 1.21 bits per heavy atom. The van der Waals surface area contributed by atoms with Gasteiger partial charge in [0.05, 0.1) is 0 Å². The number of hydrogen-bond donors (Lipinski definition) is 1. The molecular formula is C16H20N2S. The predicted octanol–water partition coefficient (Wildman–Crippen LogP) is 2.85. The lowest BCUT2D eigenvalue weighted by Gasteiger charge is -2.36. The lowest BCUT2D eigenvalue weighted by atomic mass is 9.92. The predicted molar refractivity (Wildman–Crippen MR) is 81.5 cm³/mol. The molecule has 0 fully saturated rings. The van der Waals surface area contributed by atoms with Crippen LogP contribution in [-0.4, -0.2) is 24.5 Å². The molecule has 3 heteroatoms. The van der Waals surface area contributed by atoms with Crippen LogP contribution in [0, 0.1) is 0 Å². The molecule has 1 aromatic heterocycles. The number of rotatable bonds is 4. The van der Waals surface area contributed by atoms with Gasteiger partial charge in [-0.25, -0.2) is 0 Å². The molecule has 2 N–H and O–H groups in total. The van der Waals surface area contributed by atoms with Gasteiger partial charge >= 0.3 is 0 Å². The highest BCUT2D eigenvalue weighted by Crippen LogP contribution is 2.29. The Labute approximate surface area is 118 Å². The van der Waals surface area contributed by atoms with Gasteiger partial charge in [-0.2, -0.15) is 0 Å². The molecule has 2 aromatic rings. The Kier molecular flexibility index (Phi) is 3.97.